The normalized spacial score (nSPS) is 12.6. The first-order valence-electron chi connectivity index (χ1n) is 4.06. The molecule has 3 nitrogen and oxygen atoms in total. The molecule has 0 bridgehead atoms. The van der Waals surface area contributed by atoms with Gasteiger partial charge in [0.15, 0.2) is 0 Å². The van der Waals surface area contributed by atoms with Gasteiger partial charge in [0.05, 0.1) is 12.6 Å². The van der Waals surface area contributed by atoms with Gasteiger partial charge < -0.3 is 10.1 Å². The molecule has 72 valence electrons. The summed E-state index contributed by atoms with van der Waals surface area (Å²) in [6, 6.07) is 0.126. The summed E-state index contributed by atoms with van der Waals surface area (Å²) in [4.78, 5) is 0. The Labute approximate surface area is 80.0 Å². The maximum atomic E-state index is 5.26. The Kier molecular flexibility index (Phi) is 7.34. The SMILES string of the molecule is C=C(OCC)C(CS)NCNC. The Morgan fingerprint density at radius 1 is 1.67 bits per heavy atom. The fourth-order valence-corrected chi connectivity index (χ4v) is 1.12. The highest BCUT2D eigenvalue weighted by atomic mass is 32.1. The zero-order chi connectivity index (χ0) is 9.40. The van der Waals surface area contributed by atoms with Gasteiger partial charge in [-0.1, -0.05) is 6.58 Å². The summed E-state index contributed by atoms with van der Waals surface area (Å²) in [7, 11) is 1.88. The Bertz CT molecular complexity index is 130. The molecule has 0 aliphatic heterocycles. The number of ether oxygens (including phenoxy) is 1. The summed E-state index contributed by atoms with van der Waals surface area (Å²) in [5.41, 5.74) is 0. The van der Waals surface area contributed by atoms with Crippen LogP contribution >= 0.6 is 12.6 Å². The second kappa shape index (κ2) is 7.46. The van der Waals surface area contributed by atoms with Crippen LogP contribution in [-0.2, 0) is 4.74 Å². The van der Waals surface area contributed by atoms with Gasteiger partial charge >= 0.3 is 0 Å². The van der Waals surface area contributed by atoms with Crippen LogP contribution in [-0.4, -0.2) is 32.1 Å². The van der Waals surface area contributed by atoms with Crippen LogP contribution in [0.15, 0.2) is 12.3 Å². The van der Waals surface area contributed by atoms with Crippen molar-refractivity contribution in [3.05, 3.63) is 12.3 Å². The third-order valence-electron chi connectivity index (χ3n) is 1.43. The first-order chi connectivity index (χ1) is 5.76. The lowest BCUT2D eigenvalue weighted by Gasteiger charge is -2.18. The van der Waals surface area contributed by atoms with E-state index in [0.717, 1.165) is 12.4 Å². The predicted molar refractivity (Wildman–Crippen MR) is 55.5 cm³/mol. The van der Waals surface area contributed by atoms with Crippen LogP contribution in [0.25, 0.3) is 0 Å². The van der Waals surface area contributed by atoms with E-state index in [2.05, 4.69) is 29.8 Å². The first-order valence-corrected chi connectivity index (χ1v) is 4.69. The Hall–Kier alpha value is -0.190. The zero-order valence-corrected chi connectivity index (χ0v) is 8.66. The van der Waals surface area contributed by atoms with E-state index in [0.29, 0.717) is 12.4 Å². The number of hydrogen-bond donors (Lipinski definition) is 3. The van der Waals surface area contributed by atoms with Crippen molar-refractivity contribution < 1.29 is 4.74 Å². The number of hydrogen-bond acceptors (Lipinski definition) is 4. The van der Waals surface area contributed by atoms with Crippen molar-refractivity contribution in [2.24, 2.45) is 0 Å². The van der Waals surface area contributed by atoms with Crippen molar-refractivity contribution >= 4 is 12.6 Å². The van der Waals surface area contributed by atoms with Gasteiger partial charge in [-0.25, -0.2) is 0 Å². The third-order valence-corrected chi connectivity index (χ3v) is 1.79. The molecular weight excluding hydrogens is 172 g/mol. The fraction of sp³-hybridized carbons (Fsp3) is 0.750. The highest BCUT2D eigenvalue weighted by molar-refractivity contribution is 7.80. The quantitative estimate of drug-likeness (QED) is 0.312. The lowest BCUT2D eigenvalue weighted by Crippen LogP contribution is -2.38. The molecule has 0 aliphatic carbocycles. The molecule has 0 amide bonds. The highest BCUT2D eigenvalue weighted by Gasteiger charge is 2.09. The minimum atomic E-state index is 0.126. The molecule has 1 unspecified atom stereocenters. The van der Waals surface area contributed by atoms with E-state index in [1.54, 1.807) is 0 Å². The number of rotatable bonds is 7. The maximum Gasteiger partial charge on any atom is 0.107 e. The molecule has 0 saturated heterocycles. The van der Waals surface area contributed by atoms with E-state index in [1.165, 1.54) is 0 Å². The minimum absolute atomic E-state index is 0.126. The van der Waals surface area contributed by atoms with Gasteiger partial charge in [-0.3, -0.25) is 5.32 Å². The van der Waals surface area contributed by atoms with E-state index in [9.17, 15) is 0 Å². The lowest BCUT2D eigenvalue weighted by molar-refractivity contribution is 0.205. The summed E-state index contributed by atoms with van der Waals surface area (Å²) in [5, 5.41) is 6.18. The molecule has 0 rings (SSSR count). The van der Waals surface area contributed by atoms with Crippen LogP contribution in [0.4, 0.5) is 0 Å². The molecular formula is C8H18N2OS. The van der Waals surface area contributed by atoms with Crippen molar-refractivity contribution in [1.29, 1.82) is 0 Å². The van der Waals surface area contributed by atoms with E-state index in [1.807, 2.05) is 14.0 Å². The molecule has 0 aromatic carbocycles. The van der Waals surface area contributed by atoms with Crippen molar-refractivity contribution in [3.63, 3.8) is 0 Å². The monoisotopic (exact) mass is 190 g/mol. The van der Waals surface area contributed by atoms with Gasteiger partial charge in [-0.15, -0.1) is 0 Å². The molecule has 12 heavy (non-hydrogen) atoms. The van der Waals surface area contributed by atoms with Crippen LogP contribution in [0.1, 0.15) is 6.92 Å². The maximum absolute atomic E-state index is 5.26. The van der Waals surface area contributed by atoms with Gasteiger partial charge in [0.25, 0.3) is 0 Å². The Morgan fingerprint density at radius 3 is 2.75 bits per heavy atom. The van der Waals surface area contributed by atoms with Crippen LogP contribution in [0.2, 0.25) is 0 Å². The van der Waals surface area contributed by atoms with Crippen molar-refractivity contribution in [3.8, 4) is 0 Å². The van der Waals surface area contributed by atoms with E-state index >= 15 is 0 Å². The van der Waals surface area contributed by atoms with E-state index in [-0.39, 0.29) is 6.04 Å². The second-order valence-corrected chi connectivity index (χ2v) is 2.73. The Balaban J connectivity index is 3.71. The predicted octanol–water partition coefficient (Wildman–Crippen LogP) is 0.602. The fourth-order valence-electron chi connectivity index (χ4n) is 0.791. The topological polar surface area (TPSA) is 33.3 Å². The number of nitrogens with one attached hydrogen (secondary N) is 2. The van der Waals surface area contributed by atoms with Crippen LogP contribution in [0.5, 0.6) is 0 Å². The van der Waals surface area contributed by atoms with E-state index < -0.39 is 0 Å². The summed E-state index contributed by atoms with van der Waals surface area (Å²) in [5.74, 6) is 1.45. The highest BCUT2D eigenvalue weighted by Crippen LogP contribution is 2.02. The van der Waals surface area contributed by atoms with Gasteiger partial charge in [0.1, 0.15) is 5.76 Å². The summed E-state index contributed by atoms with van der Waals surface area (Å²) >= 11 is 4.19. The lowest BCUT2D eigenvalue weighted by atomic mass is 10.3. The third kappa shape index (κ3) is 4.64. The van der Waals surface area contributed by atoms with Gasteiger partial charge in [0, 0.05) is 12.4 Å². The average Bonchev–Trinajstić information content (AvgIpc) is 2.06. The molecule has 0 heterocycles. The standard InChI is InChI=1S/C8H18N2OS/c1-4-11-7(2)8(5-12)10-6-9-3/h8-10,12H,2,4-6H2,1,3H3. The molecule has 0 aromatic rings. The molecule has 0 saturated carbocycles. The number of thiol groups is 1. The van der Waals surface area contributed by atoms with Crippen LogP contribution in [0, 0.1) is 0 Å². The second-order valence-electron chi connectivity index (χ2n) is 2.37. The minimum Gasteiger partial charge on any atom is -0.497 e. The zero-order valence-electron chi connectivity index (χ0n) is 7.76. The largest absolute Gasteiger partial charge is 0.497 e. The summed E-state index contributed by atoms with van der Waals surface area (Å²) in [6.07, 6.45) is 0. The average molecular weight is 190 g/mol. The summed E-state index contributed by atoms with van der Waals surface area (Å²) in [6.45, 7) is 7.14. The van der Waals surface area contributed by atoms with Gasteiger partial charge in [-0.05, 0) is 14.0 Å². The molecule has 0 spiro atoms. The Morgan fingerprint density at radius 2 is 2.33 bits per heavy atom. The smallest absolute Gasteiger partial charge is 0.107 e. The van der Waals surface area contributed by atoms with Crippen molar-refractivity contribution in [1.82, 2.24) is 10.6 Å². The van der Waals surface area contributed by atoms with Crippen molar-refractivity contribution in [2.75, 3.05) is 26.1 Å². The van der Waals surface area contributed by atoms with Crippen LogP contribution < -0.4 is 10.6 Å². The van der Waals surface area contributed by atoms with E-state index in [4.69, 9.17) is 4.74 Å². The molecule has 2 N–H and O–H groups in total. The molecule has 0 radical (unpaired) electrons. The first kappa shape index (κ1) is 11.8. The molecule has 0 aliphatic rings. The van der Waals surface area contributed by atoms with Gasteiger partial charge in [0.2, 0.25) is 0 Å². The van der Waals surface area contributed by atoms with Crippen molar-refractivity contribution in [2.45, 2.75) is 13.0 Å². The molecule has 1 atom stereocenters. The molecule has 0 fully saturated rings. The summed E-state index contributed by atoms with van der Waals surface area (Å²) < 4.78 is 5.26. The molecule has 0 aromatic heterocycles. The molecule has 4 heteroatoms. The van der Waals surface area contributed by atoms with Crippen LogP contribution in [0.3, 0.4) is 0 Å². The van der Waals surface area contributed by atoms with Gasteiger partial charge in [-0.2, -0.15) is 12.6 Å².